The molecular formula is C26H26ClFN6OS. The van der Waals surface area contributed by atoms with Crippen LogP contribution in [0.25, 0.3) is 37.8 Å². The number of nitrogens with two attached hydrogens (primary N) is 1. The largest absolute Gasteiger partial charge is 0.462 e. The van der Waals surface area contributed by atoms with Gasteiger partial charge in [0.1, 0.15) is 12.1 Å². The molecule has 10 heteroatoms. The first kappa shape index (κ1) is 23.5. The summed E-state index contributed by atoms with van der Waals surface area (Å²) in [5.41, 5.74) is 9.26. The van der Waals surface area contributed by atoms with E-state index in [1.165, 1.54) is 11.3 Å². The van der Waals surface area contributed by atoms with Crippen LogP contribution < -0.4 is 21.1 Å². The molecule has 1 unspecified atom stereocenters. The van der Waals surface area contributed by atoms with Crippen LogP contribution in [0, 0.1) is 5.82 Å². The van der Waals surface area contributed by atoms with Crippen LogP contribution in [0.1, 0.15) is 31.9 Å². The van der Waals surface area contributed by atoms with Gasteiger partial charge < -0.3 is 21.1 Å². The molecule has 4 heterocycles. The molecule has 1 fully saturated rings. The Kier molecular flexibility index (Phi) is 6.25. The number of nitrogens with zero attached hydrogens (tertiary/aromatic N) is 3. The minimum atomic E-state index is -0.521. The maximum Gasteiger partial charge on any atom is 0.317 e. The molecule has 0 aliphatic carbocycles. The second-order valence-corrected chi connectivity index (χ2v) is 10.8. The van der Waals surface area contributed by atoms with Gasteiger partial charge in [-0.05, 0) is 50.4 Å². The van der Waals surface area contributed by atoms with E-state index in [1.54, 1.807) is 12.1 Å². The Morgan fingerprint density at radius 2 is 2.11 bits per heavy atom. The number of hydrogen-bond acceptors (Lipinski definition) is 8. The van der Waals surface area contributed by atoms with Crippen molar-refractivity contribution in [2.24, 2.45) is 0 Å². The van der Waals surface area contributed by atoms with Gasteiger partial charge in [-0.3, -0.25) is 0 Å². The van der Waals surface area contributed by atoms with Gasteiger partial charge in [0.15, 0.2) is 10.9 Å². The van der Waals surface area contributed by atoms with Crippen LogP contribution in [0.4, 0.5) is 9.52 Å². The lowest BCUT2D eigenvalue weighted by Gasteiger charge is -2.18. The summed E-state index contributed by atoms with van der Waals surface area (Å²) in [6, 6.07) is 8.17. The predicted molar refractivity (Wildman–Crippen MR) is 144 cm³/mol. The first-order valence-electron chi connectivity index (χ1n) is 12.1. The predicted octanol–water partition coefficient (Wildman–Crippen LogP) is 5.18. The highest BCUT2D eigenvalue weighted by Crippen LogP contribution is 2.41. The van der Waals surface area contributed by atoms with E-state index in [4.69, 9.17) is 27.1 Å². The van der Waals surface area contributed by atoms with E-state index in [1.807, 2.05) is 12.1 Å². The van der Waals surface area contributed by atoms with E-state index in [0.29, 0.717) is 39.9 Å². The van der Waals surface area contributed by atoms with Crippen LogP contribution in [-0.4, -0.2) is 46.7 Å². The lowest BCUT2D eigenvalue weighted by molar-refractivity contribution is 0.255. The molecule has 4 aromatic rings. The molecule has 4 N–H and O–H groups in total. The van der Waals surface area contributed by atoms with Gasteiger partial charge in [0.05, 0.1) is 20.9 Å². The number of rotatable bonds is 5. The maximum atomic E-state index is 16.3. The van der Waals surface area contributed by atoms with Gasteiger partial charge >= 0.3 is 6.01 Å². The van der Waals surface area contributed by atoms with Crippen molar-refractivity contribution in [3.63, 3.8) is 0 Å². The smallest absolute Gasteiger partial charge is 0.317 e. The number of para-hydroxylation sites is 1. The van der Waals surface area contributed by atoms with E-state index in [0.717, 1.165) is 42.6 Å². The topological polar surface area (TPSA) is 98.0 Å². The summed E-state index contributed by atoms with van der Waals surface area (Å²) in [6.45, 7) is 4.13. The number of nitrogens with one attached hydrogen (secondary N) is 2. The molecule has 0 spiro atoms. The van der Waals surface area contributed by atoms with Gasteiger partial charge in [0.25, 0.3) is 0 Å². The van der Waals surface area contributed by atoms with E-state index in [-0.39, 0.29) is 28.2 Å². The summed E-state index contributed by atoms with van der Waals surface area (Å²) in [5, 5.41) is 8.07. The molecule has 1 saturated heterocycles. The van der Waals surface area contributed by atoms with E-state index in [2.05, 4.69) is 33.6 Å². The Labute approximate surface area is 216 Å². The van der Waals surface area contributed by atoms with Crippen LogP contribution in [0.5, 0.6) is 6.01 Å². The third-order valence-electron chi connectivity index (χ3n) is 6.82. The Morgan fingerprint density at radius 3 is 2.89 bits per heavy atom. The van der Waals surface area contributed by atoms with E-state index in [9.17, 15) is 0 Å². The van der Waals surface area contributed by atoms with Crippen LogP contribution >= 0.6 is 22.9 Å². The molecule has 0 radical (unpaired) electrons. The Morgan fingerprint density at radius 1 is 1.22 bits per heavy atom. The number of nitrogen functional groups attached to an aromatic ring is 1. The number of anilines is 1. The molecule has 36 heavy (non-hydrogen) atoms. The van der Waals surface area contributed by atoms with E-state index < -0.39 is 5.82 Å². The second kappa shape index (κ2) is 9.55. The monoisotopic (exact) mass is 524 g/mol. The highest BCUT2D eigenvalue weighted by Gasteiger charge is 2.25. The number of halogens is 2. The molecule has 7 nitrogen and oxygen atoms in total. The van der Waals surface area contributed by atoms with Crippen molar-refractivity contribution >= 4 is 54.8 Å². The highest BCUT2D eigenvalue weighted by atomic mass is 35.5. The average molecular weight is 525 g/mol. The zero-order valence-corrected chi connectivity index (χ0v) is 21.3. The summed E-state index contributed by atoms with van der Waals surface area (Å²) in [7, 11) is 0. The SMILES string of the molecule is C[C@H]1CCC(COc2nc(C3=CCNCC3)c3cc(Cl)c(-c4cccc5sc(N)nc45)c(F)c3n2)N1. The van der Waals surface area contributed by atoms with Crippen molar-refractivity contribution in [3.8, 4) is 17.1 Å². The van der Waals surface area contributed by atoms with Gasteiger partial charge in [-0.25, -0.2) is 9.37 Å². The molecule has 6 rings (SSSR count). The summed E-state index contributed by atoms with van der Waals surface area (Å²) in [5.74, 6) is -0.521. The summed E-state index contributed by atoms with van der Waals surface area (Å²) >= 11 is 8.09. The number of aromatic nitrogens is 3. The van der Waals surface area contributed by atoms with Crippen LogP contribution in [0.3, 0.4) is 0 Å². The van der Waals surface area contributed by atoms with Crippen LogP contribution in [0.2, 0.25) is 5.02 Å². The maximum absolute atomic E-state index is 16.3. The van der Waals surface area contributed by atoms with E-state index >= 15 is 4.39 Å². The lowest BCUT2D eigenvalue weighted by Crippen LogP contribution is -2.32. The van der Waals surface area contributed by atoms with Crippen molar-refractivity contribution in [1.29, 1.82) is 0 Å². The quantitative estimate of drug-likeness (QED) is 0.331. The van der Waals surface area contributed by atoms with Gasteiger partial charge in [0.2, 0.25) is 0 Å². The van der Waals surface area contributed by atoms with Gasteiger partial charge in [-0.15, -0.1) is 0 Å². The molecule has 0 saturated carbocycles. The zero-order valence-electron chi connectivity index (χ0n) is 19.8. The normalized spacial score (nSPS) is 20.2. The molecule has 0 amide bonds. The van der Waals surface area contributed by atoms with Gasteiger partial charge in [-0.1, -0.05) is 41.1 Å². The fraction of sp³-hybridized carbons (Fsp3) is 0.346. The Balaban J connectivity index is 1.51. The van der Waals surface area contributed by atoms with Crippen LogP contribution in [0.15, 0.2) is 30.3 Å². The second-order valence-electron chi connectivity index (χ2n) is 9.34. The fourth-order valence-corrected chi connectivity index (χ4v) is 6.12. The third-order valence-corrected chi connectivity index (χ3v) is 7.97. The molecule has 2 atom stereocenters. The number of ether oxygens (including phenoxy) is 1. The minimum absolute atomic E-state index is 0.168. The van der Waals surface area contributed by atoms with Gasteiger partial charge in [0, 0.05) is 35.1 Å². The van der Waals surface area contributed by atoms with Crippen molar-refractivity contribution in [2.75, 3.05) is 25.4 Å². The molecule has 2 aliphatic rings. The lowest BCUT2D eigenvalue weighted by atomic mass is 9.97. The molecule has 2 aliphatic heterocycles. The number of hydrogen-bond donors (Lipinski definition) is 3. The first-order chi connectivity index (χ1) is 17.5. The van der Waals surface area contributed by atoms with Crippen molar-refractivity contribution in [2.45, 2.75) is 38.3 Å². The molecule has 2 aromatic carbocycles. The van der Waals surface area contributed by atoms with Crippen LogP contribution in [-0.2, 0) is 0 Å². The number of fused-ring (bicyclic) bond motifs is 2. The fourth-order valence-electron chi connectivity index (χ4n) is 5.06. The van der Waals surface area contributed by atoms with Crippen molar-refractivity contribution in [1.82, 2.24) is 25.6 Å². The third kappa shape index (κ3) is 4.30. The number of benzene rings is 2. The molecule has 186 valence electrons. The molecule has 2 aromatic heterocycles. The average Bonchev–Trinajstić information content (AvgIpc) is 3.47. The summed E-state index contributed by atoms with van der Waals surface area (Å²) in [6.07, 6.45) is 4.97. The molecule has 0 bridgehead atoms. The minimum Gasteiger partial charge on any atom is -0.462 e. The zero-order chi connectivity index (χ0) is 24.8. The van der Waals surface area contributed by atoms with Gasteiger partial charge in [-0.2, -0.15) is 9.97 Å². The number of thiazole rings is 1. The first-order valence-corrected chi connectivity index (χ1v) is 13.3. The molecular weight excluding hydrogens is 499 g/mol. The Hall–Kier alpha value is -2.85. The summed E-state index contributed by atoms with van der Waals surface area (Å²) in [4.78, 5) is 13.7. The van der Waals surface area contributed by atoms with Crippen molar-refractivity contribution < 1.29 is 9.13 Å². The van der Waals surface area contributed by atoms with Crippen molar-refractivity contribution in [3.05, 3.63) is 46.9 Å². The summed E-state index contributed by atoms with van der Waals surface area (Å²) < 4.78 is 23.2. The Bertz CT molecular complexity index is 1510. The standard InChI is InChI=1S/C26H26ClFN6OS/c1-13-5-6-15(31-13)12-35-26-33-22(14-7-9-30-10-8-14)17-11-18(27)20(21(28)24(17)34-26)16-3-2-4-19-23(16)32-25(29)36-19/h2-4,7,11,13,15,30-31H,5-6,8-10,12H2,1H3,(H2,29,32)/t13-,15?/m0/s1. The highest BCUT2D eigenvalue weighted by molar-refractivity contribution is 7.22.